The van der Waals surface area contributed by atoms with Crippen molar-refractivity contribution in [3.8, 4) is 5.75 Å². The Morgan fingerprint density at radius 1 is 1.04 bits per heavy atom. The molecule has 0 spiro atoms. The summed E-state index contributed by atoms with van der Waals surface area (Å²) in [5.41, 5.74) is 8.15. The van der Waals surface area contributed by atoms with Crippen LogP contribution in [0.5, 0.6) is 5.75 Å². The Labute approximate surface area is 143 Å². The van der Waals surface area contributed by atoms with Crippen LogP contribution in [0.25, 0.3) is 0 Å². The molecule has 0 aliphatic heterocycles. The van der Waals surface area contributed by atoms with Crippen molar-refractivity contribution in [1.29, 1.82) is 0 Å². The molecule has 0 heterocycles. The second-order valence-electron chi connectivity index (χ2n) is 4.90. The molecule has 0 aliphatic rings. The number of halogens is 4. The van der Waals surface area contributed by atoms with E-state index in [0.29, 0.717) is 11.3 Å². The highest BCUT2D eigenvalue weighted by molar-refractivity contribution is 5.88. The van der Waals surface area contributed by atoms with Gasteiger partial charge in [0.25, 0.3) is 0 Å². The zero-order valence-corrected chi connectivity index (χ0v) is 13.4. The molecule has 4 nitrogen and oxygen atoms in total. The van der Waals surface area contributed by atoms with Crippen LogP contribution in [0.4, 0.5) is 18.9 Å². The smallest absolute Gasteiger partial charge is 0.406 e. The minimum absolute atomic E-state index is 0. The minimum atomic E-state index is -4.72. The normalized spacial score (nSPS) is 12.0. The molecule has 1 atom stereocenters. The first-order chi connectivity index (χ1) is 10.7. The lowest BCUT2D eigenvalue weighted by Gasteiger charge is -2.14. The first-order valence-corrected chi connectivity index (χ1v) is 6.73. The quantitative estimate of drug-likeness (QED) is 0.865. The summed E-state index contributed by atoms with van der Waals surface area (Å²) < 4.78 is 40.2. The van der Waals surface area contributed by atoms with Gasteiger partial charge in [0, 0.05) is 12.6 Å². The van der Waals surface area contributed by atoms with Gasteiger partial charge < -0.3 is 15.8 Å². The maximum absolute atomic E-state index is 12.1. The SMILES string of the molecule is CC(=O)Nc1ccc([C@@H](N)c2ccc(OC(F)(F)F)cc2)cc1.Cl. The molecule has 0 aromatic heterocycles. The molecule has 8 heteroatoms. The Kier molecular flexibility index (Phi) is 6.62. The van der Waals surface area contributed by atoms with Crippen LogP contribution < -0.4 is 15.8 Å². The molecule has 1 amide bonds. The average molecular weight is 361 g/mol. The Hall–Kier alpha value is -2.25. The van der Waals surface area contributed by atoms with Crippen LogP contribution in [0, 0.1) is 0 Å². The van der Waals surface area contributed by atoms with E-state index in [0.717, 1.165) is 5.56 Å². The van der Waals surface area contributed by atoms with Crippen molar-refractivity contribution in [2.45, 2.75) is 19.3 Å². The van der Waals surface area contributed by atoms with Crippen molar-refractivity contribution in [1.82, 2.24) is 0 Å². The highest BCUT2D eigenvalue weighted by atomic mass is 35.5. The zero-order valence-electron chi connectivity index (χ0n) is 12.6. The van der Waals surface area contributed by atoms with Gasteiger partial charge in [-0.15, -0.1) is 25.6 Å². The van der Waals surface area contributed by atoms with Crippen LogP contribution in [0.15, 0.2) is 48.5 Å². The van der Waals surface area contributed by atoms with Crippen LogP contribution in [-0.4, -0.2) is 12.3 Å². The van der Waals surface area contributed by atoms with Crippen molar-refractivity contribution in [3.63, 3.8) is 0 Å². The number of rotatable bonds is 4. The van der Waals surface area contributed by atoms with Gasteiger partial charge in [-0.25, -0.2) is 0 Å². The molecule has 24 heavy (non-hydrogen) atoms. The van der Waals surface area contributed by atoms with Gasteiger partial charge in [-0.3, -0.25) is 4.79 Å². The van der Waals surface area contributed by atoms with Gasteiger partial charge in [-0.2, -0.15) is 0 Å². The second kappa shape index (κ2) is 8.03. The number of benzene rings is 2. The van der Waals surface area contributed by atoms with E-state index in [4.69, 9.17) is 5.73 Å². The van der Waals surface area contributed by atoms with Crippen LogP contribution in [-0.2, 0) is 4.79 Å². The summed E-state index contributed by atoms with van der Waals surface area (Å²) in [7, 11) is 0. The van der Waals surface area contributed by atoms with E-state index >= 15 is 0 Å². The maximum Gasteiger partial charge on any atom is 0.573 e. The third kappa shape index (κ3) is 5.75. The first-order valence-electron chi connectivity index (χ1n) is 6.73. The molecule has 2 rings (SSSR count). The number of amides is 1. The summed E-state index contributed by atoms with van der Waals surface area (Å²) in [6.45, 7) is 1.41. The third-order valence-corrected chi connectivity index (χ3v) is 3.06. The van der Waals surface area contributed by atoms with E-state index in [1.165, 1.54) is 31.2 Å². The zero-order chi connectivity index (χ0) is 17.0. The summed E-state index contributed by atoms with van der Waals surface area (Å²) in [4.78, 5) is 11.0. The molecule has 0 saturated heterocycles. The van der Waals surface area contributed by atoms with E-state index < -0.39 is 12.4 Å². The number of nitrogens with two attached hydrogens (primary N) is 1. The van der Waals surface area contributed by atoms with E-state index in [1.807, 2.05) is 0 Å². The number of ether oxygens (including phenoxy) is 1. The lowest BCUT2D eigenvalue weighted by Crippen LogP contribution is -2.17. The molecule has 0 fully saturated rings. The fourth-order valence-corrected chi connectivity index (χ4v) is 2.05. The molecule has 3 N–H and O–H groups in total. The molecule has 2 aromatic carbocycles. The van der Waals surface area contributed by atoms with Crippen LogP contribution >= 0.6 is 12.4 Å². The predicted molar refractivity (Wildman–Crippen MR) is 87.1 cm³/mol. The molecule has 0 radical (unpaired) electrons. The standard InChI is InChI=1S/C16H15F3N2O2.ClH/c1-10(22)21-13-6-2-11(3-7-13)15(20)12-4-8-14(9-5-12)23-16(17,18)19;/h2-9,15H,20H2,1H3,(H,21,22);1H/t15-;/m1./s1. The summed E-state index contributed by atoms with van der Waals surface area (Å²) in [6.07, 6.45) is -4.72. The van der Waals surface area contributed by atoms with Gasteiger partial charge in [-0.05, 0) is 35.4 Å². The van der Waals surface area contributed by atoms with Gasteiger partial charge in [0.1, 0.15) is 5.75 Å². The van der Waals surface area contributed by atoms with Crippen molar-refractivity contribution in [3.05, 3.63) is 59.7 Å². The number of hydrogen-bond donors (Lipinski definition) is 2. The van der Waals surface area contributed by atoms with E-state index in [2.05, 4.69) is 10.1 Å². The van der Waals surface area contributed by atoms with E-state index in [-0.39, 0.29) is 24.1 Å². The number of carbonyl (C=O) groups excluding carboxylic acids is 1. The van der Waals surface area contributed by atoms with Crippen LogP contribution in [0.3, 0.4) is 0 Å². The number of hydrogen-bond acceptors (Lipinski definition) is 3. The molecule has 0 aliphatic carbocycles. The topological polar surface area (TPSA) is 64.4 Å². The van der Waals surface area contributed by atoms with Crippen molar-refractivity contribution in [2.75, 3.05) is 5.32 Å². The molecule has 0 saturated carbocycles. The van der Waals surface area contributed by atoms with Gasteiger partial charge in [-0.1, -0.05) is 24.3 Å². The summed E-state index contributed by atoms with van der Waals surface area (Å²) in [5.74, 6) is -0.475. The van der Waals surface area contributed by atoms with Gasteiger partial charge in [0.15, 0.2) is 0 Å². The van der Waals surface area contributed by atoms with Crippen LogP contribution in [0.1, 0.15) is 24.1 Å². The highest BCUT2D eigenvalue weighted by Gasteiger charge is 2.31. The molecule has 0 unspecified atom stereocenters. The molecule has 0 bridgehead atoms. The van der Waals surface area contributed by atoms with E-state index in [9.17, 15) is 18.0 Å². The minimum Gasteiger partial charge on any atom is -0.406 e. The monoisotopic (exact) mass is 360 g/mol. The Morgan fingerprint density at radius 3 is 1.92 bits per heavy atom. The van der Waals surface area contributed by atoms with Crippen LogP contribution in [0.2, 0.25) is 0 Å². The fourth-order valence-electron chi connectivity index (χ4n) is 2.05. The van der Waals surface area contributed by atoms with Crippen molar-refractivity contribution >= 4 is 24.0 Å². The average Bonchev–Trinajstić information content (AvgIpc) is 2.46. The highest BCUT2D eigenvalue weighted by Crippen LogP contribution is 2.26. The summed E-state index contributed by atoms with van der Waals surface area (Å²) in [5, 5.41) is 2.64. The van der Waals surface area contributed by atoms with Crippen molar-refractivity contribution < 1.29 is 22.7 Å². The number of anilines is 1. The predicted octanol–water partition coefficient (Wildman–Crippen LogP) is 4.01. The summed E-state index contributed by atoms with van der Waals surface area (Å²) >= 11 is 0. The Bertz CT molecular complexity index is 673. The fraction of sp³-hybridized carbons (Fsp3) is 0.188. The third-order valence-electron chi connectivity index (χ3n) is 3.06. The van der Waals surface area contributed by atoms with Gasteiger partial charge in [0.05, 0.1) is 6.04 Å². The molecule has 130 valence electrons. The number of carbonyl (C=O) groups is 1. The van der Waals surface area contributed by atoms with Crippen molar-refractivity contribution in [2.24, 2.45) is 5.73 Å². The lowest BCUT2D eigenvalue weighted by molar-refractivity contribution is -0.274. The van der Waals surface area contributed by atoms with E-state index in [1.54, 1.807) is 24.3 Å². The molecular weight excluding hydrogens is 345 g/mol. The van der Waals surface area contributed by atoms with Gasteiger partial charge >= 0.3 is 6.36 Å². The number of nitrogens with one attached hydrogen (secondary N) is 1. The maximum atomic E-state index is 12.1. The number of alkyl halides is 3. The molecular formula is C16H16ClF3N2O2. The second-order valence-corrected chi connectivity index (χ2v) is 4.90. The molecule has 2 aromatic rings. The Morgan fingerprint density at radius 2 is 1.50 bits per heavy atom. The largest absolute Gasteiger partial charge is 0.573 e. The first kappa shape index (κ1) is 19.8. The Balaban J connectivity index is 0.00000288. The van der Waals surface area contributed by atoms with Gasteiger partial charge in [0.2, 0.25) is 5.91 Å². The lowest BCUT2D eigenvalue weighted by atomic mass is 9.99. The summed E-state index contributed by atoms with van der Waals surface area (Å²) in [6, 6.07) is 11.8.